The molecule has 4 rings (SSSR count). The molecule has 0 amide bonds. The van der Waals surface area contributed by atoms with Gasteiger partial charge in [-0.3, -0.25) is 0 Å². The van der Waals surface area contributed by atoms with Crippen molar-refractivity contribution in [3.05, 3.63) is 102 Å². The molecule has 2 heteroatoms. The predicted octanol–water partition coefficient (Wildman–Crippen LogP) is 4.91. The summed E-state index contributed by atoms with van der Waals surface area (Å²) in [7, 11) is 0. The summed E-state index contributed by atoms with van der Waals surface area (Å²) in [5.41, 5.74) is 3.93. The Hall–Kier alpha value is -2.58. The van der Waals surface area contributed by atoms with Gasteiger partial charge in [0.05, 0.1) is 0 Å². The molecule has 126 valence electrons. The summed E-state index contributed by atoms with van der Waals surface area (Å²) in [6.45, 7) is 1.52. The molecule has 2 nitrogen and oxygen atoms in total. The first kappa shape index (κ1) is 15.9. The molecule has 0 radical (unpaired) electrons. The number of ether oxygens (including phenoxy) is 1. The van der Waals surface area contributed by atoms with Gasteiger partial charge in [0.15, 0.2) is 0 Å². The molecule has 1 saturated carbocycles. The highest BCUT2D eigenvalue weighted by Gasteiger charge is 2.37. The van der Waals surface area contributed by atoms with Crippen LogP contribution in [0, 0.1) is 0 Å². The van der Waals surface area contributed by atoms with Gasteiger partial charge in [-0.05, 0) is 35.2 Å². The van der Waals surface area contributed by atoms with Gasteiger partial charge in [-0.1, -0.05) is 72.8 Å². The van der Waals surface area contributed by atoms with Crippen molar-refractivity contribution >= 4 is 0 Å². The van der Waals surface area contributed by atoms with Crippen LogP contribution in [-0.4, -0.2) is 6.04 Å². The van der Waals surface area contributed by atoms with Gasteiger partial charge in [0.25, 0.3) is 0 Å². The zero-order valence-electron chi connectivity index (χ0n) is 14.3. The SMILES string of the molecule is c1ccc(COc2ccc(CN[C@H]3C[C@@H]3c3ccccc3)cc2)cc1. The van der Waals surface area contributed by atoms with E-state index in [2.05, 4.69) is 72.0 Å². The van der Waals surface area contributed by atoms with E-state index < -0.39 is 0 Å². The van der Waals surface area contributed by atoms with E-state index in [1.807, 2.05) is 18.2 Å². The molecule has 0 unspecified atom stereocenters. The smallest absolute Gasteiger partial charge is 0.119 e. The maximum Gasteiger partial charge on any atom is 0.119 e. The third-order valence-corrected chi connectivity index (χ3v) is 4.76. The number of nitrogens with one attached hydrogen (secondary N) is 1. The van der Waals surface area contributed by atoms with E-state index in [9.17, 15) is 0 Å². The Morgan fingerprint density at radius 2 is 1.44 bits per heavy atom. The van der Waals surface area contributed by atoms with Crippen LogP contribution in [0.3, 0.4) is 0 Å². The molecule has 1 fully saturated rings. The molecule has 0 heterocycles. The van der Waals surface area contributed by atoms with Crippen molar-refractivity contribution in [2.24, 2.45) is 0 Å². The van der Waals surface area contributed by atoms with Crippen LogP contribution in [0.25, 0.3) is 0 Å². The van der Waals surface area contributed by atoms with Crippen LogP contribution in [0.1, 0.15) is 29.0 Å². The topological polar surface area (TPSA) is 21.3 Å². The Kier molecular flexibility index (Phi) is 4.80. The molecule has 0 aromatic heterocycles. The van der Waals surface area contributed by atoms with Crippen molar-refractivity contribution in [2.75, 3.05) is 0 Å². The van der Waals surface area contributed by atoms with E-state index in [1.54, 1.807) is 0 Å². The Bertz CT molecular complexity index is 783. The molecular formula is C23H23NO. The van der Waals surface area contributed by atoms with Crippen LogP contribution < -0.4 is 10.1 Å². The number of benzene rings is 3. The molecule has 3 aromatic rings. The average Bonchev–Trinajstić information content (AvgIpc) is 3.47. The first-order chi connectivity index (χ1) is 12.4. The fraction of sp³-hybridized carbons (Fsp3) is 0.217. The van der Waals surface area contributed by atoms with Crippen molar-refractivity contribution in [2.45, 2.75) is 31.5 Å². The number of hydrogen-bond donors (Lipinski definition) is 1. The highest BCUT2D eigenvalue weighted by atomic mass is 16.5. The lowest BCUT2D eigenvalue weighted by Gasteiger charge is -2.08. The van der Waals surface area contributed by atoms with Crippen LogP contribution in [0.15, 0.2) is 84.9 Å². The highest BCUT2D eigenvalue weighted by molar-refractivity contribution is 5.30. The molecule has 0 bridgehead atoms. The van der Waals surface area contributed by atoms with Gasteiger partial charge in [0.1, 0.15) is 12.4 Å². The Morgan fingerprint density at radius 1 is 0.760 bits per heavy atom. The van der Waals surface area contributed by atoms with Gasteiger partial charge in [0.2, 0.25) is 0 Å². The van der Waals surface area contributed by atoms with E-state index in [1.165, 1.54) is 23.1 Å². The maximum atomic E-state index is 5.84. The van der Waals surface area contributed by atoms with Crippen LogP contribution in [0.2, 0.25) is 0 Å². The van der Waals surface area contributed by atoms with Crippen molar-refractivity contribution in [3.8, 4) is 5.75 Å². The number of rotatable bonds is 7. The minimum atomic E-state index is 0.608. The molecular weight excluding hydrogens is 306 g/mol. The largest absolute Gasteiger partial charge is 0.489 e. The zero-order valence-corrected chi connectivity index (χ0v) is 14.3. The van der Waals surface area contributed by atoms with Gasteiger partial charge in [-0.15, -0.1) is 0 Å². The normalized spacial score (nSPS) is 18.7. The summed E-state index contributed by atoms with van der Waals surface area (Å²) in [5.74, 6) is 1.59. The Balaban J connectivity index is 1.24. The van der Waals surface area contributed by atoms with Gasteiger partial charge in [-0.25, -0.2) is 0 Å². The average molecular weight is 329 g/mol. The monoisotopic (exact) mass is 329 g/mol. The second-order valence-electron chi connectivity index (χ2n) is 6.66. The van der Waals surface area contributed by atoms with E-state index in [0.717, 1.165) is 12.3 Å². The van der Waals surface area contributed by atoms with Crippen molar-refractivity contribution < 1.29 is 4.74 Å². The fourth-order valence-corrected chi connectivity index (χ4v) is 3.18. The fourth-order valence-electron chi connectivity index (χ4n) is 3.18. The standard InChI is InChI=1S/C23H23NO/c1-3-7-19(8-4-1)17-25-21-13-11-18(12-14-21)16-24-23-15-22(23)20-9-5-2-6-10-20/h1-14,22-24H,15-17H2/t22-,23+/m1/s1. The predicted molar refractivity (Wildman–Crippen MR) is 102 cm³/mol. The Morgan fingerprint density at radius 3 is 2.16 bits per heavy atom. The summed E-state index contributed by atoms with van der Waals surface area (Å²) < 4.78 is 5.84. The first-order valence-electron chi connectivity index (χ1n) is 8.92. The molecule has 0 saturated heterocycles. The summed E-state index contributed by atoms with van der Waals surface area (Å²) in [6.07, 6.45) is 1.24. The highest BCUT2D eigenvalue weighted by Crippen LogP contribution is 2.40. The zero-order chi connectivity index (χ0) is 16.9. The summed E-state index contributed by atoms with van der Waals surface area (Å²) in [6, 6.07) is 30.0. The third kappa shape index (κ3) is 4.28. The molecule has 1 aliphatic rings. The quantitative estimate of drug-likeness (QED) is 0.665. The first-order valence-corrected chi connectivity index (χ1v) is 8.92. The van der Waals surface area contributed by atoms with Gasteiger partial charge in [0, 0.05) is 18.5 Å². The van der Waals surface area contributed by atoms with Crippen LogP contribution in [0.4, 0.5) is 0 Å². The van der Waals surface area contributed by atoms with Crippen molar-refractivity contribution in [1.29, 1.82) is 0 Å². The maximum absolute atomic E-state index is 5.84. The van der Waals surface area contributed by atoms with Crippen molar-refractivity contribution in [3.63, 3.8) is 0 Å². The molecule has 0 aliphatic heterocycles. The minimum absolute atomic E-state index is 0.608. The van der Waals surface area contributed by atoms with Crippen LogP contribution in [0.5, 0.6) is 5.75 Å². The lowest BCUT2D eigenvalue weighted by Crippen LogP contribution is -2.17. The van der Waals surface area contributed by atoms with Gasteiger partial charge >= 0.3 is 0 Å². The van der Waals surface area contributed by atoms with Crippen LogP contribution >= 0.6 is 0 Å². The summed E-state index contributed by atoms with van der Waals surface area (Å²) in [4.78, 5) is 0. The summed E-state index contributed by atoms with van der Waals surface area (Å²) >= 11 is 0. The minimum Gasteiger partial charge on any atom is -0.489 e. The molecule has 25 heavy (non-hydrogen) atoms. The second-order valence-corrected chi connectivity index (χ2v) is 6.66. The third-order valence-electron chi connectivity index (χ3n) is 4.76. The molecule has 0 spiro atoms. The van der Waals surface area contributed by atoms with E-state index in [0.29, 0.717) is 18.6 Å². The van der Waals surface area contributed by atoms with E-state index in [4.69, 9.17) is 4.74 Å². The van der Waals surface area contributed by atoms with Gasteiger partial charge in [-0.2, -0.15) is 0 Å². The van der Waals surface area contributed by atoms with Crippen LogP contribution in [-0.2, 0) is 13.2 Å². The lowest BCUT2D eigenvalue weighted by atomic mass is 10.1. The van der Waals surface area contributed by atoms with E-state index >= 15 is 0 Å². The van der Waals surface area contributed by atoms with E-state index in [-0.39, 0.29) is 0 Å². The molecule has 1 aliphatic carbocycles. The Labute approximate surface area is 149 Å². The van der Waals surface area contributed by atoms with Crippen molar-refractivity contribution in [1.82, 2.24) is 5.32 Å². The number of hydrogen-bond acceptors (Lipinski definition) is 2. The molecule has 2 atom stereocenters. The van der Waals surface area contributed by atoms with Gasteiger partial charge < -0.3 is 10.1 Å². The molecule has 3 aromatic carbocycles. The molecule has 1 N–H and O–H groups in total. The summed E-state index contributed by atoms with van der Waals surface area (Å²) in [5, 5.41) is 3.66. The second kappa shape index (κ2) is 7.54. The lowest BCUT2D eigenvalue weighted by molar-refractivity contribution is 0.306.